The predicted molar refractivity (Wildman–Crippen MR) is 67.4 cm³/mol. The van der Waals surface area contributed by atoms with Gasteiger partial charge in [0.1, 0.15) is 0 Å². The van der Waals surface area contributed by atoms with Crippen molar-refractivity contribution < 1.29 is 5.11 Å². The van der Waals surface area contributed by atoms with E-state index < -0.39 is 5.60 Å². The fourth-order valence-corrected chi connectivity index (χ4v) is 3.73. The van der Waals surface area contributed by atoms with Crippen LogP contribution in [0.3, 0.4) is 0 Å². The predicted octanol–water partition coefficient (Wildman–Crippen LogP) is 2.85. The molecule has 0 aromatic rings. The summed E-state index contributed by atoms with van der Waals surface area (Å²) in [5, 5.41) is 14.6. The number of fused-ring (bicyclic) bond motifs is 1. The standard InChI is InChI=1S/C14H27NO/c1-11(2)15-13-9-6-8-12-7-4-3-5-10-14(12,13)16/h11-13,15-16H,3-10H2,1-2H3. The van der Waals surface area contributed by atoms with Crippen LogP contribution in [0.4, 0.5) is 0 Å². The van der Waals surface area contributed by atoms with Crippen molar-refractivity contribution in [2.75, 3.05) is 0 Å². The van der Waals surface area contributed by atoms with Gasteiger partial charge >= 0.3 is 0 Å². The zero-order valence-corrected chi connectivity index (χ0v) is 10.8. The lowest BCUT2D eigenvalue weighted by Gasteiger charge is -2.46. The zero-order valence-electron chi connectivity index (χ0n) is 10.8. The van der Waals surface area contributed by atoms with Gasteiger partial charge < -0.3 is 10.4 Å². The first-order valence-corrected chi connectivity index (χ1v) is 7.11. The molecule has 0 aromatic heterocycles. The van der Waals surface area contributed by atoms with Gasteiger partial charge in [0.25, 0.3) is 0 Å². The molecule has 2 saturated carbocycles. The summed E-state index contributed by atoms with van der Waals surface area (Å²) >= 11 is 0. The van der Waals surface area contributed by atoms with E-state index in [2.05, 4.69) is 19.2 Å². The first-order valence-electron chi connectivity index (χ1n) is 7.11. The van der Waals surface area contributed by atoms with Crippen LogP contribution in [-0.2, 0) is 0 Å². The van der Waals surface area contributed by atoms with Crippen LogP contribution >= 0.6 is 0 Å². The van der Waals surface area contributed by atoms with Crippen LogP contribution in [0.5, 0.6) is 0 Å². The molecule has 2 rings (SSSR count). The topological polar surface area (TPSA) is 32.3 Å². The number of nitrogens with one attached hydrogen (secondary N) is 1. The van der Waals surface area contributed by atoms with Crippen LogP contribution in [0.15, 0.2) is 0 Å². The van der Waals surface area contributed by atoms with Crippen molar-refractivity contribution in [1.29, 1.82) is 0 Å². The van der Waals surface area contributed by atoms with Gasteiger partial charge in [0.05, 0.1) is 5.60 Å². The second kappa shape index (κ2) is 5.05. The molecule has 2 fully saturated rings. The minimum atomic E-state index is -0.404. The summed E-state index contributed by atoms with van der Waals surface area (Å²) in [6.07, 6.45) is 9.79. The lowest BCUT2D eigenvalue weighted by molar-refractivity contribution is -0.0810. The Morgan fingerprint density at radius 1 is 1.06 bits per heavy atom. The first kappa shape index (κ1) is 12.4. The lowest BCUT2D eigenvalue weighted by atomic mass is 9.69. The number of rotatable bonds is 2. The summed E-state index contributed by atoms with van der Waals surface area (Å²) in [6, 6.07) is 0.820. The molecular formula is C14H27NO. The van der Waals surface area contributed by atoms with Crippen LogP contribution < -0.4 is 5.32 Å². The molecule has 94 valence electrons. The smallest absolute Gasteiger partial charge is 0.0828 e. The van der Waals surface area contributed by atoms with Crippen molar-refractivity contribution in [2.24, 2.45) is 5.92 Å². The van der Waals surface area contributed by atoms with E-state index in [-0.39, 0.29) is 0 Å². The van der Waals surface area contributed by atoms with Gasteiger partial charge in [-0.05, 0) is 31.6 Å². The molecule has 2 nitrogen and oxygen atoms in total. The Bertz CT molecular complexity index is 229. The van der Waals surface area contributed by atoms with E-state index in [9.17, 15) is 5.11 Å². The van der Waals surface area contributed by atoms with Crippen LogP contribution in [-0.4, -0.2) is 22.8 Å². The minimum absolute atomic E-state index is 0.337. The summed E-state index contributed by atoms with van der Waals surface area (Å²) in [4.78, 5) is 0. The summed E-state index contributed by atoms with van der Waals surface area (Å²) < 4.78 is 0. The van der Waals surface area contributed by atoms with Crippen LogP contribution in [0.1, 0.15) is 65.2 Å². The van der Waals surface area contributed by atoms with E-state index >= 15 is 0 Å². The Morgan fingerprint density at radius 3 is 2.56 bits per heavy atom. The molecular weight excluding hydrogens is 198 g/mol. The third-order valence-corrected chi connectivity index (χ3v) is 4.52. The fourth-order valence-electron chi connectivity index (χ4n) is 3.73. The van der Waals surface area contributed by atoms with Crippen molar-refractivity contribution in [2.45, 2.75) is 82.9 Å². The van der Waals surface area contributed by atoms with Crippen LogP contribution in [0.2, 0.25) is 0 Å². The minimum Gasteiger partial charge on any atom is -0.388 e. The van der Waals surface area contributed by atoms with E-state index in [1.807, 2.05) is 0 Å². The molecule has 2 heteroatoms. The summed E-state index contributed by atoms with van der Waals surface area (Å²) in [7, 11) is 0. The van der Waals surface area contributed by atoms with Gasteiger partial charge in [-0.25, -0.2) is 0 Å². The summed E-state index contributed by atoms with van der Waals surface area (Å²) in [5.41, 5.74) is -0.404. The van der Waals surface area contributed by atoms with E-state index in [0.29, 0.717) is 18.0 Å². The zero-order chi connectivity index (χ0) is 11.6. The van der Waals surface area contributed by atoms with Gasteiger partial charge in [0, 0.05) is 12.1 Å². The Balaban J connectivity index is 2.11. The highest BCUT2D eigenvalue weighted by atomic mass is 16.3. The lowest BCUT2D eigenvalue weighted by Crippen LogP contribution is -2.58. The molecule has 16 heavy (non-hydrogen) atoms. The van der Waals surface area contributed by atoms with E-state index in [1.54, 1.807) is 0 Å². The van der Waals surface area contributed by atoms with Crippen molar-refractivity contribution in [1.82, 2.24) is 5.32 Å². The third kappa shape index (κ3) is 2.43. The van der Waals surface area contributed by atoms with Crippen LogP contribution in [0, 0.1) is 5.92 Å². The molecule has 0 amide bonds. The number of hydrogen-bond donors (Lipinski definition) is 2. The number of hydrogen-bond acceptors (Lipinski definition) is 2. The SMILES string of the molecule is CC(C)NC1CCCC2CCCCCC21O. The molecule has 0 heterocycles. The van der Waals surface area contributed by atoms with Crippen molar-refractivity contribution in [3.8, 4) is 0 Å². The third-order valence-electron chi connectivity index (χ3n) is 4.52. The maximum Gasteiger partial charge on any atom is 0.0828 e. The van der Waals surface area contributed by atoms with Gasteiger partial charge in [0.2, 0.25) is 0 Å². The van der Waals surface area contributed by atoms with E-state index in [4.69, 9.17) is 0 Å². The molecule has 0 saturated heterocycles. The average molecular weight is 225 g/mol. The maximum absolute atomic E-state index is 11.0. The molecule has 2 aliphatic rings. The molecule has 0 spiro atoms. The van der Waals surface area contributed by atoms with Crippen molar-refractivity contribution in [3.05, 3.63) is 0 Å². The van der Waals surface area contributed by atoms with Crippen molar-refractivity contribution >= 4 is 0 Å². The molecule has 2 N–H and O–H groups in total. The normalized spacial score (nSPS) is 40.5. The summed E-state index contributed by atoms with van der Waals surface area (Å²) in [5.74, 6) is 0.556. The Kier molecular flexibility index (Phi) is 3.91. The van der Waals surface area contributed by atoms with Gasteiger partial charge in [0.15, 0.2) is 0 Å². The van der Waals surface area contributed by atoms with Gasteiger partial charge in [-0.1, -0.05) is 39.5 Å². The fraction of sp³-hybridized carbons (Fsp3) is 1.00. The summed E-state index contributed by atoms with van der Waals surface area (Å²) in [6.45, 7) is 4.37. The Labute approximate surface area is 99.8 Å². The second-order valence-corrected chi connectivity index (χ2v) is 6.09. The van der Waals surface area contributed by atoms with Gasteiger partial charge in [-0.15, -0.1) is 0 Å². The average Bonchev–Trinajstić information content (AvgIpc) is 2.40. The molecule has 0 radical (unpaired) electrons. The number of aliphatic hydroxyl groups is 1. The largest absolute Gasteiger partial charge is 0.388 e. The Morgan fingerprint density at radius 2 is 1.81 bits per heavy atom. The highest BCUT2D eigenvalue weighted by Gasteiger charge is 2.46. The van der Waals surface area contributed by atoms with Crippen LogP contribution in [0.25, 0.3) is 0 Å². The monoisotopic (exact) mass is 225 g/mol. The highest BCUT2D eigenvalue weighted by Crippen LogP contribution is 2.42. The quantitative estimate of drug-likeness (QED) is 0.757. The molecule has 3 atom stereocenters. The van der Waals surface area contributed by atoms with E-state index in [1.165, 1.54) is 38.5 Å². The molecule has 0 bridgehead atoms. The molecule has 0 aliphatic heterocycles. The molecule has 2 aliphatic carbocycles. The van der Waals surface area contributed by atoms with Gasteiger partial charge in [-0.3, -0.25) is 0 Å². The van der Waals surface area contributed by atoms with E-state index in [0.717, 1.165) is 12.8 Å². The molecule has 3 unspecified atom stereocenters. The Hall–Kier alpha value is -0.0800. The van der Waals surface area contributed by atoms with Gasteiger partial charge in [-0.2, -0.15) is 0 Å². The van der Waals surface area contributed by atoms with Crippen molar-refractivity contribution in [3.63, 3.8) is 0 Å². The first-order chi connectivity index (χ1) is 7.63. The molecule has 0 aromatic carbocycles. The second-order valence-electron chi connectivity index (χ2n) is 6.09. The highest BCUT2D eigenvalue weighted by molar-refractivity contribution is 5.01. The maximum atomic E-state index is 11.0.